The number of allylic oxidation sites excluding steroid dienone is 5. The molecule has 0 saturated heterocycles. The molecule has 4 aliphatic rings. The Balaban J connectivity index is 1.76. The lowest BCUT2D eigenvalue weighted by Crippen LogP contribution is -2.60. The molecule has 0 bridgehead atoms. The smallest absolute Gasteiger partial charge is 0.190 e. The molecular weight excluding hydrogens is 328 g/mol. The van der Waals surface area contributed by atoms with E-state index < -0.39 is 23.4 Å². The number of aliphatic hydroxyl groups excluding tert-OH is 1. The van der Waals surface area contributed by atoms with Gasteiger partial charge in [0.05, 0.1) is 0 Å². The first-order chi connectivity index (χ1) is 12.2. The van der Waals surface area contributed by atoms with Gasteiger partial charge in [0.15, 0.2) is 5.78 Å². The van der Waals surface area contributed by atoms with Gasteiger partial charge >= 0.3 is 0 Å². The molecule has 2 N–H and O–H groups in total. The van der Waals surface area contributed by atoms with Crippen LogP contribution in [0, 0.1) is 28.6 Å². The molecule has 0 aliphatic heterocycles. The highest BCUT2D eigenvalue weighted by molar-refractivity contribution is 5.92. The highest BCUT2D eigenvalue weighted by atomic mass is 16.3. The third-order valence-electron chi connectivity index (χ3n) is 8.11. The minimum absolute atomic E-state index is 0.100. The SMILES string of the molecule is C=C1C=C[C@@]2(C)C(=C1)CC[C@@H]1[C@@H]2C(=O)C[C@@]2(C)[C@H]1CC[C@]2(O)C(=O)CO. The monoisotopic (exact) mass is 356 g/mol. The van der Waals surface area contributed by atoms with Crippen molar-refractivity contribution in [2.75, 3.05) is 6.61 Å². The normalized spacial score (nSPS) is 47.1. The van der Waals surface area contributed by atoms with Gasteiger partial charge in [-0.15, -0.1) is 0 Å². The summed E-state index contributed by atoms with van der Waals surface area (Å²) in [6.07, 6.45) is 9.39. The summed E-state index contributed by atoms with van der Waals surface area (Å²) in [5, 5.41) is 20.5. The number of fused-ring (bicyclic) bond motifs is 5. The third-order valence-corrected chi connectivity index (χ3v) is 8.11. The van der Waals surface area contributed by atoms with Crippen molar-refractivity contribution in [3.8, 4) is 0 Å². The number of carbonyl (C=O) groups excluding carboxylic acids is 2. The Kier molecular flexibility index (Phi) is 3.78. The lowest BCUT2D eigenvalue weighted by molar-refractivity contribution is -0.168. The fourth-order valence-electron chi connectivity index (χ4n) is 6.70. The second kappa shape index (κ2) is 5.49. The molecule has 0 unspecified atom stereocenters. The van der Waals surface area contributed by atoms with Crippen molar-refractivity contribution in [3.63, 3.8) is 0 Å². The summed E-state index contributed by atoms with van der Waals surface area (Å²) in [6, 6.07) is 0. The summed E-state index contributed by atoms with van der Waals surface area (Å²) >= 11 is 0. The maximum absolute atomic E-state index is 13.3. The molecular formula is C22H28O4. The largest absolute Gasteiger partial charge is 0.388 e. The first-order valence-corrected chi connectivity index (χ1v) is 9.66. The fourth-order valence-corrected chi connectivity index (χ4v) is 6.70. The van der Waals surface area contributed by atoms with Crippen molar-refractivity contribution in [1.82, 2.24) is 0 Å². The molecule has 0 aromatic heterocycles. The van der Waals surface area contributed by atoms with Gasteiger partial charge in [0.1, 0.15) is 18.0 Å². The van der Waals surface area contributed by atoms with E-state index in [1.807, 2.05) is 13.0 Å². The first kappa shape index (κ1) is 17.9. The Morgan fingerprint density at radius 3 is 2.77 bits per heavy atom. The minimum Gasteiger partial charge on any atom is -0.388 e. The summed E-state index contributed by atoms with van der Waals surface area (Å²) in [6.45, 7) is 7.40. The van der Waals surface area contributed by atoms with Crippen LogP contribution in [0.15, 0.2) is 36.0 Å². The molecule has 3 saturated carbocycles. The number of hydrogen-bond donors (Lipinski definition) is 2. The number of aliphatic hydroxyl groups is 2. The van der Waals surface area contributed by atoms with Gasteiger partial charge in [-0.1, -0.05) is 44.2 Å². The number of ketones is 2. The van der Waals surface area contributed by atoms with Crippen LogP contribution >= 0.6 is 0 Å². The summed E-state index contributed by atoms with van der Waals surface area (Å²) in [4.78, 5) is 25.7. The van der Waals surface area contributed by atoms with E-state index in [1.54, 1.807) is 0 Å². The maximum atomic E-state index is 13.3. The number of rotatable bonds is 2. The fraction of sp³-hybridized carbons (Fsp3) is 0.636. The van der Waals surface area contributed by atoms with Gasteiger partial charge in [0.25, 0.3) is 0 Å². The van der Waals surface area contributed by atoms with Gasteiger partial charge < -0.3 is 10.2 Å². The zero-order valence-electron chi connectivity index (χ0n) is 15.6. The lowest BCUT2D eigenvalue weighted by atomic mass is 9.46. The van der Waals surface area contributed by atoms with Crippen molar-refractivity contribution >= 4 is 11.6 Å². The van der Waals surface area contributed by atoms with E-state index in [-0.39, 0.29) is 35.4 Å². The predicted octanol–water partition coefficient (Wildman–Crippen LogP) is 2.75. The topological polar surface area (TPSA) is 74.6 Å². The molecule has 4 aliphatic carbocycles. The van der Waals surface area contributed by atoms with E-state index in [2.05, 4.69) is 25.7 Å². The zero-order chi connectivity index (χ0) is 18.9. The Morgan fingerprint density at radius 2 is 2.08 bits per heavy atom. The molecule has 0 spiro atoms. The number of hydrogen-bond acceptors (Lipinski definition) is 4. The highest BCUT2D eigenvalue weighted by Crippen LogP contribution is 2.66. The van der Waals surface area contributed by atoms with Gasteiger partial charge in [0.2, 0.25) is 0 Å². The van der Waals surface area contributed by atoms with Crippen LogP contribution in [0.2, 0.25) is 0 Å². The summed E-state index contributed by atoms with van der Waals surface area (Å²) in [7, 11) is 0. The molecule has 0 aromatic rings. The van der Waals surface area contributed by atoms with Crippen LogP contribution in [0.5, 0.6) is 0 Å². The van der Waals surface area contributed by atoms with Crippen molar-refractivity contribution < 1.29 is 19.8 Å². The average Bonchev–Trinajstić information content (AvgIpc) is 2.86. The van der Waals surface area contributed by atoms with E-state index in [0.717, 1.165) is 24.8 Å². The number of carbonyl (C=O) groups is 2. The van der Waals surface area contributed by atoms with Gasteiger partial charge in [0, 0.05) is 23.2 Å². The first-order valence-electron chi connectivity index (χ1n) is 9.66. The predicted molar refractivity (Wildman–Crippen MR) is 98.2 cm³/mol. The molecule has 140 valence electrons. The Hall–Kier alpha value is -1.52. The highest BCUT2D eigenvalue weighted by Gasteiger charge is 2.68. The summed E-state index contributed by atoms with van der Waals surface area (Å²) in [5.74, 6) is -0.200. The van der Waals surface area contributed by atoms with Gasteiger partial charge in [-0.2, -0.15) is 0 Å². The summed E-state index contributed by atoms with van der Waals surface area (Å²) < 4.78 is 0. The Labute approximate surface area is 154 Å². The second-order valence-electron chi connectivity index (χ2n) is 9.19. The second-order valence-corrected chi connectivity index (χ2v) is 9.19. The van der Waals surface area contributed by atoms with Crippen LogP contribution in [-0.2, 0) is 9.59 Å². The van der Waals surface area contributed by atoms with Crippen molar-refractivity contribution in [2.24, 2.45) is 28.6 Å². The minimum atomic E-state index is -1.58. The molecule has 0 heterocycles. The molecule has 3 fully saturated rings. The van der Waals surface area contributed by atoms with E-state index >= 15 is 0 Å². The summed E-state index contributed by atoms with van der Waals surface area (Å²) in [5.41, 5.74) is -0.383. The number of Topliss-reactive ketones (excluding diaryl/α,β-unsaturated/α-hetero) is 2. The van der Waals surface area contributed by atoms with Crippen LogP contribution in [0.1, 0.15) is 46.0 Å². The van der Waals surface area contributed by atoms with Gasteiger partial charge in [-0.25, -0.2) is 0 Å². The van der Waals surface area contributed by atoms with Crippen molar-refractivity contribution in [1.29, 1.82) is 0 Å². The standard InChI is InChI=1S/C22H28O4/c1-13-6-8-20(2)14(10-13)4-5-15-16-7-9-22(26,18(25)12-23)21(16,3)11-17(24)19(15)20/h6,8,10,15-16,19,23,26H,1,4-5,7,9,11-12H2,2-3H3/t15-,16-,19+,20-,21-,22-/m0/s1. The van der Waals surface area contributed by atoms with E-state index in [1.165, 1.54) is 5.57 Å². The molecule has 0 aromatic carbocycles. The van der Waals surface area contributed by atoms with Crippen LogP contribution in [0.4, 0.5) is 0 Å². The van der Waals surface area contributed by atoms with E-state index in [4.69, 9.17) is 0 Å². The molecule has 6 atom stereocenters. The Bertz CT molecular complexity index is 762. The van der Waals surface area contributed by atoms with Crippen LogP contribution in [0.3, 0.4) is 0 Å². The van der Waals surface area contributed by atoms with Crippen molar-refractivity contribution in [3.05, 3.63) is 36.0 Å². The van der Waals surface area contributed by atoms with E-state index in [9.17, 15) is 19.8 Å². The van der Waals surface area contributed by atoms with Gasteiger partial charge in [-0.05, 0) is 43.1 Å². The average molecular weight is 356 g/mol. The molecule has 0 radical (unpaired) electrons. The van der Waals surface area contributed by atoms with Crippen LogP contribution < -0.4 is 0 Å². The van der Waals surface area contributed by atoms with Crippen molar-refractivity contribution in [2.45, 2.75) is 51.6 Å². The molecule has 4 rings (SSSR count). The maximum Gasteiger partial charge on any atom is 0.190 e. The molecule has 4 nitrogen and oxygen atoms in total. The van der Waals surface area contributed by atoms with Gasteiger partial charge in [-0.3, -0.25) is 9.59 Å². The van der Waals surface area contributed by atoms with Crippen LogP contribution in [-0.4, -0.2) is 34.0 Å². The Morgan fingerprint density at radius 1 is 1.35 bits per heavy atom. The van der Waals surface area contributed by atoms with E-state index in [0.29, 0.717) is 6.42 Å². The quantitative estimate of drug-likeness (QED) is 0.798. The molecule has 26 heavy (non-hydrogen) atoms. The zero-order valence-corrected chi connectivity index (χ0v) is 15.6. The van der Waals surface area contributed by atoms with Crippen LogP contribution in [0.25, 0.3) is 0 Å². The lowest BCUT2D eigenvalue weighted by Gasteiger charge is -2.56. The molecule has 0 amide bonds. The third kappa shape index (κ3) is 2.03. The molecule has 4 heteroatoms.